The number of alkyl halides is 2. The first-order valence-corrected chi connectivity index (χ1v) is 6.92. The Bertz CT molecular complexity index is 485. The zero-order chi connectivity index (χ0) is 15.4. The van der Waals surface area contributed by atoms with Gasteiger partial charge in [0.1, 0.15) is 0 Å². The molecule has 7 heteroatoms. The molecule has 0 aromatic heterocycles. The van der Waals surface area contributed by atoms with Gasteiger partial charge in [0.25, 0.3) is 0 Å². The summed E-state index contributed by atoms with van der Waals surface area (Å²) in [6.07, 6.45) is 2.22. The quantitative estimate of drug-likeness (QED) is 0.821. The number of benzene rings is 1. The van der Waals surface area contributed by atoms with Crippen LogP contribution in [0.3, 0.4) is 0 Å². The predicted molar refractivity (Wildman–Crippen MR) is 76.2 cm³/mol. The second-order valence-electron chi connectivity index (χ2n) is 5.40. The van der Waals surface area contributed by atoms with Crippen molar-refractivity contribution in [3.63, 3.8) is 0 Å². The Labute approximate surface area is 122 Å². The number of hydrogen-bond donors (Lipinski definition) is 2. The molecule has 1 atom stereocenters. The molecule has 1 aliphatic rings. The highest BCUT2D eigenvalue weighted by atomic mass is 19.3. The average molecular weight is 303 g/mol. The van der Waals surface area contributed by atoms with Gasteiger partial charge in [0.15, 0.2) is 11.6 Å². The van der Waals surface area contributed by atoms with E-state index in [-0.39, 0.29) is 5.69 Å². The fourth-order valence-electron chi connectivity index (χ4n) is 2.60. The van der Waals surface area contributed by atoms with Crippen LogP contribution in [0, 0.1) is 11.7 Å². The molecule has 118 valence electrons. The van der Waals surface area contributed by atoms with Gasteiger partial charge in [0.2, 0.25) is 0 Å². The van der Waals surface area contributed by atoms with E-state index in [2.05, 4.69) is 22.0 Å². The third-order valence-electron chi connectivity index (χ3n) is 3.62. The van der Waals surface area contributed by atoms with E-state index >= 15 is 0 Å². The molecule has 1 heterocycles. The summed E-state index contributed by atoms with van der Waals surface area (Å²) in [4.78, 5) is 2.25. The molecule has 0 spiro atoms. The number of likely N-dealkylation sites (tertiary alicyclic amines) is 1. The van der Waals surface area contributed by atoms with Crippen molar-refractivity contribution >= 4 is 11.4 Å². The molecule has 0 aliphatic carbocycles. The molecule has 1 fully saturated rings. The van der Waals surface area contributed by atoms with Crippen LogP contribution in [0.2, 0.25) is 0 Å². The van der Waals surface area contributed by atoms with Gasteiger partial charge in [-0.3, -0.25) is 0 Å². The highest BCUT2D eigenvalue weighted by molar-refractivity contribution is 5.68. The Hall–Kier alpha value is -1.63. The first-order chi connectivity index (χ1) is 9.95. The zero-order valence-corrected chi connectivity index (χ0v) is 11.9. The predicted octanol–water partition coefficient (Wildman–Crippen LogP) is 2.76. The number of hydrogen-bond acceptors (Lipinski definition) is 4. The normalized spacial score (nSPS) is 19.8. The van der Waals surface area contributed by atoms with Gasteiger partial charge in [-0.2, -0.15) is 8.78 Å². The molecule has 4 nitrogen and oxygen atoms in total. The Morgan fingerprint density at radius 1 is 1.48 bits per heavy atom. The molecule has 1 unspecified atom stereocenters. The van der Waals surface area contributed by atoms with E-state index in [0.717, 1.165) is 32.0 Å². The molecule has 1 aliphatic heterocycles. The molecular formula is C14H20F3N3O. The number of halogens is 3. The van der Waals surface area contributed by atoms with E-state index in [1.54, 1.807) is 0 Å². The Balaban J connectivity index is 2.01. The van der Waals surface area contributed by atoms with Crippen LogP contribution in [0.15, 0.2) is 12.1 Å². The fraction of sp³-hybridized carbons (Fsp3) is 0.571. The van der Waals surface area contributed by atoms with Gasteiger partial charge in [0, 0.05) is 25.2 Å². The largest absolute Gasteiger partial charge is 0.432 e. The average Bonchev–Trinajstić information content (AvgIpc) is 2.40. The minimum Gasteiger partial charge on any atom is -0.432 e. The maximum absolute atomic E-state index is 13.5. The van der Waals surface area contributed by atoms with Crippen LogP contribution < -0.4 is 15.8 Å². The summed E-state index contributed by atoms with van der Waals surface area (Å²) in [7, 11) is 2.06. The van der Waals surface area contributed by atoms with Crippen molar-refractivity contribution in [2.24, 2.45) is 5.92 Å². The molecule has 1 saturated heterocycles. The number of nitrogens with zero attached hydrogens (tertiary/aromatic N) is 1. The van der Waals surface area contributed by atoms with E-state index in [1.807, 2.05) is 0 Å². The van der Waals surface area contributed by atoms with Crippen LogP contribution in [0.4, 0.5) is 24.5 Å². The van der Waals surface area contributed by atoms with E-state index in [4.69, 9.17) is 5.73 Å². The lowest BCUT2D eigenvalue weighted by molar-refractivity contribution is -0.0521. The number of rotatable bonds is 5. The highest BCUT2D eigenvalue weighted by Crippen LogP contribution is 2.29. The van der Waals surface area contributed by atoms with Gasteiger partial charge >= 0.3 is 6.61 Å². The fourth-order valence-corrected chi connectivity index (χ4v) is 2.60. The van der Waals surface area contributed by atoms with Crippen molar-refractivity contribution < 1.29 is 17.9 Å². The number of nitrogens with one attached hydrogen (secondary N) is 1. The second kappa shape index (κ2) is 6.89. The van der Waals surface area contributed by atoms with E-state index in [1.165, 1.54) is 6.07 Å². The number of nitrogen functional groups attached to an aromatic ring is 1. The van der Waals surface area contributed by atoms with E-state index in [0.29, 0.717) is 18.2 Å². The lowest BCUT2D eigenvalue weighted by Gasteiger charge is -2.30. The Morgan fingerprint density at radius 2 is 2.24 bits per heavy atom. The third-order valence-corrected chi connectivity index (χ3v) is 3.62. The molecule has 0 saturated carbocycles. The van der Waals surface area contributed by atoms with Crippen molar-refractivity contribution in [1.29, 1.82) is 0 Å². The summed E-state index contributed by atoms with van der Waals surface area (Å²) < 4.78 is 42.0. The SMILES string of the molecule is CN1CCCC(CNc2cc(OC(F)F)c(F)cc2N)C1. The zero-order valence-electron chi connectivity index (χ0n) is 11.9. The maximum Gasteiger partial charge on any atom is 0.387 e. The van der Waals surface area contributed by atoms with Crippen LogP contribution in [0.1, 0.15) is 12.8 Å². The molecule has 0 radical (unpaired) electrons. The van der Waals surface area contributed by atoms with Crippen molar-refractivity contribution in [2.75, 3.05) is 37.7 Å². The number of anilines is 2. The molecule has 1 aromatic rings. The third kappa shape index (κ3) is 4.42. The van der Waals surface area contributed by atoms with Gasteiger partial charge in [-0.15, -0.1) is 0 Å². The lowest BCUT2D eigenvalue weighted by atomic mass is 9.98. The number of piperidine rings is 1. The van der Waals surface area contributed by atoms with Crippen LogP contribution in [0.25, 0.3) is 0 Å². The monoisotopic (exact) mass is 303 g/mol. The standard InChI is InChI=1S/C14H20F3N3O/c1-20-4-2-3-9(8-20)7-19-12-6-13(21-14(16)17)10(15)5-11(12)18/h5-6,9,14,19H,2-4,7-8,18H2,1H3. The van der Waals surface area contributed by atoms with Crippen LogP contribution >= 0.6 is 0 Å². The van der Waals surface area contributed by atoms with Crippen molar-refractivity contribution in [2.45, 2.75) is 19.5 Å². The van der Waals surface area contributed by atoms with Crippen LogP contribution in [-0.4, -0.2) is 38.2 Å². The maximum atomic E-state index is 13.5. The molecule has 1 aromatic carbocycles. The summed E-state index contributed by atoms with van der Waals surface area (Å²) >= 11 is 0. The van der Waals surface area contributed by atoms with E-state index < -0.39 is 18.2 Å². The smallest absolute Gasteiger partial charge is 0.387 e. The highest BCUT2D eigenvalue weighted by Gasteiger charge is 2.18. The summed E-state index contributed by atoms with van der Waals surface area (Å²) in [6.45, 7) is -0.354. The molecule has 21 heavy (non-hydrogen) atoms. The van der Waals surface area contributed by atoms with Crippen molar-refractivity contribution in [3.8, 4) is 5.75 Å². The summed E-state index contributed by atoms with van der Waals surface area (Å²) in [5.41, 5.74) is 6.30. The summed E-state index contributed by atoms with van der Waals surface area (Å²) in [5.74, 6) is -0.939. The molecule has 2 rings (SSSR count). The second-order valence-corrected chi connectivity index (χ2v) is 5.40. The van der Waals surface area contributed by atoms with E-state index in [9.17, 15) is 13.2 Å². The summed E-state index contributed by atoms with van der Waals surface area (Å²) in [6, 6.07) is 2.18. The minimum atomic E-state index is -3.07. The first kappa shape index (κ1) is 15.8. The van der Waals surface area contributed by atoms with Gasteiger partial charge in [-0.05, 0) is 32.4 Å². The van der Waals surface area contributed by atoms with Gasteiger partial charge in [-0.25, -0.2) is 4.39 Å². The van der Waals surface area contributed by atoms with Crippen LogP contribution in [0.5, 0.6) is 5.75 Å². The molecular weight excluding hydrogens is 283 g/mol. The van der Waals surface area contributed by atoms with Crippen LogP contribution in [-0.2, 0) is 0 Å². The Morgan fingerprint density at radius 3 is 2.90 bits per heavy atom. The van der Waals surface area contributed by atoms with Gasteiger partial charge in [-0.1, -0.05) is 0 Å². The van der Waals surface area contributed by atoms with Crippen molar-refractivity contribution in [1.82, 2.24) is 4.90 Å². The molecule has 0 bridgehead atoms. The Kier molecular flexibility index (Phi) is 5.17. The number of ether oxygens (including phenoxy) is 1. The van der Waals surface area contributed by atoms with Gasteiger partial charge < -0.3 is 20.7 Å². The summed E-state index contributed by atoms with van der Waals surface area (Å²) in [5, 5.41) is 3.10. The topological polar surface area (TPSA) is 50.5 Å². The van der Waals surface area contributed by atoms with Gasteiger partial charge in [0.05, 0.1) is 11.4 Å². The first-order valence-electron chi connectivity index (χ1n) is 6.92. The molecule has 3 N–H and O–H groups in total. The van der Waals surface area contributed by atoms with Crippen molar-refractivity contribution in [3.05, 3.63) is 17.9 Å². The minimum absolute atomic E-state index is 0.179. The lowest BCUT2D eigenvalue weighted by Crippen LogP contribution is -2.35. The molecule has 0 amide bonds. The number of nitrogens with two attached hydrogens (primary N) is 1.